The van der Waals surface area contributed by atoms with E-state index in [1.165, 1.54) is 24.5 Å². The Labute approximate surface area is 125 Å². The Kier molecular flexibility index (Phi) is 3.26. The van der Waals surface area contributed by atoms with Gasteiger partial charge in [0, 0.05) is 18.1 Å². The summed E-state index contributed by atoms with van der Waals surface area (Å²) >= 11 is 5.78. The first-order valence-corrected chi connectivity index (χ1v) is 7.74. The first-order chi connectivity index (χ1) is 9.95. The fraction of sp³-hybridized carbons (Fsp3) is 0.0833. The minimum absolute atomic E-state index is 0.0273. The highest BCUT2D eigenvalue weighted by Gasteiger charge is 2.22. The minimum Gasteiger partial charge on any atom is -0.326 e. The van der Waals surface area contributed by atoms with E-state index in [-0.39, 0.29) is 28.2 Å². The van der Waals surface area contributed by atoms with Crippen LogP contribution in [0.25, 0.3) is 0 Å². The van der Waals surface area contributed by atoms with Crippen LogP contribution in [0.4, 0.5) is 11.5 Å². The van der Waals surface area contributed by atoms with Crippen molar-refractivity contribution in [3.05, 3.63) is 41.3 Å². The average Bonchev–Trinajstić information content (AvgIpc) is 2.80. The highest BCUT2D eigenvalue weighted by Crippen LogP contribution is 2.27. The minimum atomic E-state index is -3.85. The van der Waals surface area contributed by atoms with E-state index in [9.17, 15) is 13.2 Å². The van der Waals surface area contributed by atoms with Crippen molar-refractivity contribution in [1.29, 1.82) is 0 Å². The van der Waals surface area contributed by atoms with Crippen molar-refractivity contribution in [3.8, 4) is 0 Å². The maximum absolute atomic E-state index is 12.3. The highest BCUT2D eigenvalue weighted by molar-refractivity contribution is 7.92. The van der Waals surface area contributed by atoms with E-state index in [0.717, 1.165) is 0 Å². The molecule has 1 aromatic heterocycles. The van der Waals surface area contributed by atoms with Gasteiger partial charge in [-0.05, 0) is 23.8 Å². The van der Waals surface area contributed by atoms with Crippen LogP contribution in [-0.4, -0.2) is 24.3 Å². The van der Waals surface area contributed by atoms with Gasteiger partial charge in [-0.2, -0.15) is 0 Å². The largest absolute Gasteiger partial charge is 0.326 e. The third-order valence-corrected chi connectivity index (χ3v) is 4.51. The summed E-state index contributed by atoms with van der Waals surface area (Å²) in [5.74, 6) is -0.210. The van der Waals surface area contributed by atoms with Gasteiger partial charge in [-0.1, -0.05) is 11.6 Å². The van der Waals surface area contributed by atoms with Crippen LogP contribution >= 0.6 is 11.6 Å². The number of nitrogens with one attached hydrogen (secondary N) is 2. The molecule has 0 spiro atoms. The molecule has 2 N–H and O–H groups in total. The van der Waals surface area contributed by atoms with Crippen LogP contribution < -0.4 is 10.0 Å². The van der Waals surface area contributed by atoms with Crippen LogP contribution in [0.3, 0.4) is 0 Å². The van der Waals surface area contributed by atoms with Gasteiger partial charge in [0.05, 0.1) is 11.3 Å². The Bertz CT molecular complexity index is 838. The summed E-state index contributed by atoms with van der Waals surface area (Å²) in [6.45, 7) is 0. The lowest BCUT2D eigenvalue weighted by Gasteiger charge is -2.09. The van der Waals surface area contributed by atoms with Crippen molar-refractivity contribution in [2.75, 3.05) is 10.0 Å². The Morgan fingerprint density at radius 1 is 1.24 bits per heavy atom. The number of benzene rings is 1. The van der Waals surface area contributed by atoms with E-state index < -0.39 is 10.0 Å². The standard InChI is InChI=1S/C12H9ClN4O3S/c13-11-12(15-4-3-14-11)17-21(19,20)8-1-2-9-7(5-8)6-10(18)16-9/h1-5H,6H2,(H,15,17)(H,16,18). The number of fused-ring (bicyclic) bond motifs is 1. The second kappa shape index (κ2) is 4.97. The Balaban J connectivity index is 1.95. The van der Waals surface area contributed by atoms with Crippen molar-refractivity contribution < 1.29 is 13.2 Å². The maximum Gasteiger partial charge on any atom is 0.263 e. The molecular formula is C12H9ClN4O3S. The molecule has 7 nitrogen and oxygen atoms in total. The number of sulfonamides is 1. The summed E-state index contributed by atoms with van der Waals surface area (Å²) in [6, 6.07) is 4.39. The van der Waals surface area contributed by atoms with Crippen LogP contribution in [0, 0.1) is 0 Å². The number of anilines is 2. The lowest BCUT2D eigenvalue weighted by Crippen LogP contribution is -2.14. The van der Waals surface area contributed by atoms with Gasteiger partial charge in [-0.15, -0.1) is 0 Å². The first kappa shape index (κ1) is 13.8. The number of hydrogen-bond acceptors (Lipinski definition) is 5. The van der Waals surface area contributed by atoms with E-state index in [2.05, 4.69) is 20.0 Å². The zero-order chi connectivity index (χ0) is 15.0. The molecule has 9 heteroatoms. The first-order valence-electron chi connectivity index (χ1n) is 5.88. The molecule has 2 aromatic rings. The predicted octanol–water partition coefficient (Wildman–Crippen LogP) is 1.43. The third-order valence-electron chi connectivity index (χ3n) is 2.90. The molecule has 0 atom stereocenters. The van der Waals surface area contributed by atoms with Gasteiger partial charge in [-0.3, -0.25) is 9.52 Å². The molecule has 0 saturated carbocycles. The lowest BCUT2D eigenvalue weighted by molar-refractivity contribution is -0.115. The van der Waals surface area contributed by atoms with E-state index >= 15 is 0 Å². The molecule has 0 radical (unpaired) electrons. The molecule has 108 valence electrons. The summed E-state index contributed by atoms with van der Waals surface area (Å²) in [5.41, 5.74) is 1.25. The maximum atomic E-state index is 12.3. The van der Waals surface area contributed by atoms with Crippen molar-refractivity contribution in [3.63, 3.8) is 0 Å². The van der Waals surface area contributed by atoms with Crippen molar-refractivity contribution in [1.82, 2.24) is 9.97 Å². The Hall–Kier alpha value is -2.19. The van der Waals surface area contributed by atoms with Crippen LogP contribution in [0.15, 0.2) is 35.5 Å². The number of carbonyl (C=O) groups excluding carboxylic acids is 1. The SMILES string of the molecule is O=C1Cc2cc(S(=O)(=O)Nc3nccnc3Cl)ccc2N1. The molecule has 0 fully saturated rings. The van der Waals surface area contributed by atoms with Gasteiger partial charge in [0.25, 0.3) is 10.0 Å². The van der Waals surface area contributed by atoms with Gasteiger partial charge in [-0.25, -0.2) is 18.4 Å². The van der Waals surface area contributed by atoms with Gasteiger partial charge in [0.1, 0.15) is 0 Å². The predicted molar refractivity (Wildman–Crippen MR) is 76.6 cm³/mol. The molecule has 1 amide bonds. The highest BCUT2D eigenvalue weighted by atomic mass is 35.5. The zero-order valence-corrected chi connectivity index (χ0v) is 12.1. The average molecular weight is 325 g/mol. The van der Waals surface area contributed by atoms with Gasteiger partial charge < -0.3 is 5.32 Å². The fourth-order valence-electron chi connectivity index (χ4n) is 1.95. The monoisotopic (exact) mass is 324 g/mol. The van der Waals surface area contributed by atoms with Crippen molar-refractivity contribution in [2.24, 2.45) is 0 Å². The fourth-order valence-corrected chi connectivity index (χ4v) is 3.22. The third kappa shape index (κ3) is 2.67. The number of nitrogens with zero attached hydrogens (tertiary/aromatic N) is 2. The van der Waals surface area contributed by atoms with Crippen molar-refractivity contribution >= 4 is 39.0 Å². The molecule has 2 heterocycles. The number of hydrogen-bond donors (Lipinski definition) is 2. The summed E-state index contributed by atoms with van der Waals surface area (Å²) in [7, 11) is -3.85. The van der Waals surface area contributed by atoms with E-state index in [4.69, 9.17) is 11.6 Å². The molecule has 21 heavy (non-hydrogen) atoms. The van der Waals surface area contributed by atoms with Crippen LogP contribution in [0.5, 0.6) is 0 Å². The van der Waals surface area contributed by atoms with Crippen LogP contribution in [-0.2, 0) is 21.2 Å². The molecule has 0 saturated heterocycles. The molecule has 0 aliphatic carbocycles. The summed E-state index contributed by atoms with van der Waals surface area (Å²) in [6.07, 6.45) is 2.84. The van der Waals surface area contributed by atoms with Gasteiger partial charge in [0.2, 0.25) is 5.91 Å². The summed E-state index contributed by atoms with van der Waals surface area (Å²) in [4.78, 5) is 18.9. The molecule has 3 rings (SSSR count). The molecule has 0 unspecified atom stereocenters. The zero-order valence-electron chi connectivity index (χ0n) is 10.5. The van der Waals surface area contributed by atoms with E-state index in [1.54, 1.807) is 6.07 Å². The second-order valence-corrected chi connectivity index (χ2v) is 6.39. The number of rotatable bonds is 3. The topological polar surface area (TPSA) is 101 Å². The number of carbonyl (C=O) groups is 1. The molecular weight excluding hydrogens is 316 g/mol. The number of halogens is 1. The number of aromatic nitrogens is 2. The molecule has 1 aliphatic heterocycles. The lowest BCUT2D eigenvalue weighted by atomic mass is 10.2. The molecule has 1 aromatic carbocycles. The van der Waals surface area contributed by atoms with Gasteiger partial charge in [0.15, 0.2) is 11.0 Å². The van der Waals surface area contributed by atoms with E-state index in [1.807, 2.05) is 0 Å². The second-order valence-electron chi connectivity index (χ2n) is 4.35. The van der Waals surface area contributed by atoms with Crippen LogP contribution in [0.1, 0.15) is 5.56 Å². The normalized spacial score (nSPS) is 13.7. The summed E-state index contributed by atoms with van der Waals surface area (Å²) in [5, 5.41) is 2.59. The molecule has 0 bridgehead atoms. The van der Waals surface area contributed by atoms with Gasteiger partial charge >= 0.3 is 0 Å². The quantitative estimate of drug-likeness (QED) is 0.889. The Morgan fingerprint density at radius 2 is 2.00 bits per heavy atom. The Morgan fingerprint density at radius 3 is 2.76 bits per heavy atom. The molecule has 1 aliphatic rings. The van der Waals surface area contributed by atoms with Crippen LogP contribution in [0.2, 0.25) is 5.15 Å². The van der Waals surface area contributed by atoms with E-state index in [0.29, 0.717) is 11.3 Å². The summed E-state index contributed by atoms with van der Waals surface area (Å²) < 4.78 is 26.9. The smallest absolute Gasteiger partial charge is 0.263 e. The number of amides is 1. The van der Waals surface area contributed by atoms with Crippen molar-refractivity contribution in [2.45, 2.75) is 11.3 Å².